The maximum atomic E-state index is 6.37. The van der Waals surface area contributed by atoms with E-state index in [1.54, 1.807) is 6.07 Å². The van der Waals surface area contributed by atoms with Crippen molar-refractivity contribution in [3.63, 3.8) is 0 Å². The predicted octanol–water partition coefficient (Wildman–Crippen LogP) is 4.63. The summed E-state index contributed by atoms with van der Waals surface area (Å²) in [5.41, 5.74) is 12.0. The third-order valence-electron chi connectivity index (χ3n) is 3.87. The van der Waals surface area contributed by atoms with Crippen molar-refractivity contribution in [2.24, 2.45) is 5.73 Å². The Morgan fingerprint density at radius 1 is 1.11 bits per heavy atom. The number of fused-ring (bicyclic) bond motifs is 3. The van der Waals surface area contributed by atoms with Crippen LogP contribution in [-0.4, -0.2) is 6.54 Å². The third-order valence-corrected chi connectivity index (χ3v) is 4.40. The number of hydrogen-bond acceptors (Lipinski definition) is 1. The summed E-state index contributed by atoms with van der Waals surface area (Å²) in [5.74, 6) is 0.182. The van der Waals surface area contributed by atoms with Crippen LogP contribution in [0, 0.1) is 0 Å². The quantitative estimate of drug-likeness (QED) is 0.858. The van der Waals surface area contributed by atoms with Crippen LogP contribution in [-0.2, 0) is 6.42 Å². The van der Waals surface area contributed by atoms with Gasteiger partial charge >= 0.3 is 0 Å². The van der Waals surface area contributed by atoms with E-state index in [9.17, 15) is 0 Å². The first-order valence-corrected chi connectivity index (χ1v) is 7.23. The van der Waals surface area contributed by atoms with Gasteiger partial charge < -0.3 is 5.73 Å². The zero-order chi connectivity index (χ0) is 13.6. The smallest absolute Gasteiger partial charge is 0.0465 e. The average Bonchev–Trinajstić information content (AvgIpc) is 2.71. The topological polar surface area (TPSA) is 26.0 Å². The van der Waals surface area contributed by atoms with Gasteiger partial charge in [-0.15, -0.1) is 0 Å². The molecule has 0 saturated carbocycles. The van der Waals surface area contributed by atoms with Gasteiger partial charge in [0.1, 0.15) is 0 Å². The second-order valence-electron chi connectivity index (χ2n) is 4.91. The average molecular weight is 292 g/mol. The van der Waals surface area contributed by atoms with Crippen LogP contribution in [0.15, 0.2) is 30.3 Å². The highest BCUT2D eigenvalue weighted by Gasteiger charge is 2.30. The Balaban J connectivity index is 2.29. The van der Waals surface area contributed by atoms with Crippen LogP contribution >= 0.6 is 23.2 Å². The molecular formula is C16H15Cl2N. The first-order chi connectivity index (χ1) is 9.15. The summed E-state index contributed by atoms with van der Waals surface area (Å²) in [7, 11) is 0. The van der Waals surface area contributed by atoms with Crippen molar-refractivity contribution in [3.8, 4) is 11.1 Å². The highest BCUT2D eigenvalue weighted by molar-refractivity contribution is 6.36. The Labute approximate surface area is 123 Å². The lowest BCUT2D eigenvalue weighted by atomic mass is 9.95. The van der Waals surface area contributed by atoms with Crippen molar-refractivity contribution < 1.29 is 0 Å². The van der Waals surface area contributed by atoms with Crippen LogP contribution < -0.4 is 5.73 Å². The third kappa shape index (κ3) is 1.97. The minimum atomic E-state index is 0.182. The fraction of sp³-hybridized carbons (Fsp3) is 0.250. The number of halogens is 2. The summed E-state index contributed by atoms with van der Waals surface area (Å²) < 4.78 is 0. The minimum Gasteiger partial charge on any atom is -0.330 e. The van der Waals surface area contributed by atoms with Crippen LogP contribution in [0.3, 0.4) is 0 Å². The summed E-state index contributed by atoms with van der Waals surface area (Å²) in [6, 6.07) is 10.4. The Hall–Kier alpha value is -1.02. The minimum absolute atomic E-state index is 0.182. The van der Waals surface area contributed by atoms with E-state index in [1.165, 1.54) is 16.7 Å². The lowest BCUT2D eigenvalue weighted by Crippen LogP contribution is -2.11. The Morgan fingerprint density at radius 2 is 1.89 bits per heavy atom. The molecule has 1 nitrogen and oxygen atoms in total. The van der Waals surface area contributed by atoms with Gasteiger partial charge in [0.2, 0.25) is 0 Å². The fourth-order valence-corrected chi connectivity index (χ4v) is 3.55. The number of aryl methyl sites for hydroxylation is 1. The van der Waals surface area contributed by atoms with Crippen molar-refractivity contribution in [3.05, 3.63) is 57.1 Å². The number of rotatable bonds is 2. The molecule has 1 unspecified atom stereocenters. The van der Waals surface area contributed by atoms with E-state index in [0.717, 1.165) is 17.5 Å². The molecule has 2 aromatic rings. The lowest BCUT2D eigenvalue weighted by Gasteiger charge is -2.12. The molecule has 3 rings (SSSR count). The maximum absolute atomic E-state index is 6.37. The zero-order valence-electron chi connectivity index (χ0n) is 10.7. The molecule has 98 valence electrons. The van der Waals surface area contributed by atoms with E-state index in [-0.39, 0.29) is 5.92 Å². The van der Waals surface area contributed by atoms with Crippen molar-refractivity contribution in [1.82, 2.24) is 0 Å². The first kappa shape index (κ1) is 13.0. The van der Waals surface area contributed by atoms with Gasteiger partial charge in [-0.1, -0.05) is 48.3 Å². The molecule has 1 atom stereocenters. The predicted molar refractivity (Wildman–Crippen MR) is 82.2 cm³/mol. The largest absolute Gasteiger partial charge is 0.330 e. The van der Waals surface area contributed by atoms with Crippen LogP contribution in [0.2, 0.25) is 10.0 Å². The second-order valence-corrected chi connectivity index (χ2v) is 5.76. The van der Waals surface area contributed by atoms with Crippen LogP contribution in [0.5, 0.6) is 0 Å². The highest BCUT2D eigenvalue weighted by Crippen LogP contribution is 2.48. The molecule has 0 aromatic heterocycles. The molecule has 0 amide bonds. The van der Waals surface area contributed by atoms with Crippen LogP contribution in [0.4, 0.5) is 0 Å². The summed E-state index contributed by atoms with van der Waals surface area (Å²) in [6.07, 6.45) is 1.02. The molecule has 2 aromatic carbocycles. The van der Waals surface area contributed by atoms with E-state index in [0.29, 0.717) is 16.6 Å². The van der Waals surface area contributed by atoms with Crippen molar-refractivity contribution in [2.75, 3.05) is 6.54 Å². The van der Waals surface area contributed by atoms with E-state index < -0.39 is 0 Å². The van der Waals surface area contributed by atoms with Gasteiger partial charge in [-0.25, -0.2) is 0 Å². The zero-order valence-corrected chi connectivity index (χ0v) is 12.2. The number of benzene rings is 2. The Kier molecular flexibility index (Phi) is 3.30. The van der Waals surface area contributed by atoms with Gasteiger partial charge in [0.15, 0.2) is 0 Å². The molecule has 0 heterocycles. The molecule has 19 heavy (non-hydrogen) atoms. The Bertz CT molecular complexity index is 649. The van der Waals surface area contributed by atoms with Crippen molar-refractivity contribution in [1.29, 1.82) is 0 Å². The van der Waals surface area contributed by atoms with Gasteiger partial charge in [-0.2, -0.15) is 0 Å². The molecular weight excluding hydrogens is 277 g/mol. The molecule has 1 aliphatic carbocycles. The highest BCUT2D eigenvalue weighted by atomic mass is 35.5. The first-order valence-electron chi connectivity index (χ1n) is 6.48. The molecule has 0 radical (unpaired) electrons. The SMILES string of the molecule is CCc1ccc2c(c1)C(CN)c1c(Cl)cc(Cl)cc1-2. The monoisotopic (exact) mass is 291 g/mol. The molecule has 0 bridgehead atoms. The molecule has 2 N–H and O–H groups in total. The maximum Gasteiger partial charge on any atom is 0.0465 e. The summed E-state index contributed by atoms with van der Waals surface area (Å²) in [6.45, 7) is 2.72. The van der Waals surface area contributed by atoms with Gasteiger partial charge in [-0.05, 0) is 46.4 Å². The van der Waals surface area contributed by atoms with Crippen LogP contribution in [0.1, 0.15) is 29.5 Å². The molecule has 0 fully saturated rings. The van der Waals surface area contributed by atoms with E-state index in [2.05, 4.69) is 25.1 Å². The van der Waals surface area contributed by atoms with Gasteiger partial charge in [0, 0.05) is 22.5 Å². The molecule has 0 saturated heterocycles. The fourth-order valence-electron chi connectivity index (χ4n) is 2.93. The van der Waals surface area contributed by atoms with Gasteiger partial charge in [-0.3, -0.25) is 0 Å². The second kappa shape index (κ2) is 4.82. The van der Waals surface area contributed by atoms with Crippen LogP contribution in [0.25, 0.3) is 11.1 Å². The normalized spacial score (nSPS) is 16.3. The lowest BCUT2D eigenvalue weighted by molar-refractivity contribution is 0.839. The summed E-state index contributed by atoms with van der Waals surface area (Å²) >= 11 is 12.5. The molecule has 0 aliphatic heterocycles. The van der Waals surface area contributed by atoms with E-state index in [1.807, 2.05) is 6.07 Å². The summed E-state index contributed by atoms with van der Waals surface area (Å²) in [4.78, 5) is 0. The molecule has 1 aliphatic rings. The standard InChI is InChI=1S/C16H15Cl2N/c1-2-9-3-4-11-12(5-9)14(8-19)16-13(11)6-10(17)7-15(16)18/h3-7,14H,2,8,19H2,1H3. The molecule has 0 spiro atoms. The van der Waals surface area contributed by atoms with Gasteiger partial charge in [0.05, 0.1) is 0 Å². The summed E-state index contributed by atoms with van der Waals surface area (Å²) in [5, 5.41) is 1.39. The molecule has 3 heteroatoms. The van der Waals surface area contributed by atoms with Crippen molar-refractivity contribution >= 4 is 23.2 Å². The number of hydrogen-bond donors (Lipinski definition) is 1. The van der Waals surface area contributed by atoms with E-state index >= 15 is 0 Å². The van der Waals surface area contributed by atoms with E-state index in [4.69, 9.17) is 28.9 Å². The van der Waals surface area contributed by atoms with Crippen molar-refractivity contribution in [2.45, 2.75) is 19.3 Å². The number of nitrogens with two attached hydrogens (primary N) is 1. The Morgan fingerprint density at radius 3 is 2.58 bits per heavy atom. The van der Waals surface area contributed by atoms with Gasteiger partial charge in [0.25, 0.3) is 0 Å².